The van der Waals surface area contributed by atoms with E-state index in [4.69, 9.17) is 14.5 Å². The highest BCUT2D eigenvalue weighted by Gasteiger charge is 2.23. The number of ether oxygens (including phenoxy) is 2. The van der Waals surface area contributed by atoms with Gasteiger partial charge in [0.15, 0.2) is 11.6 Å². The van der Waals surface area contributed by atoms with Gasteiger partial charge in [-0.3, -0.25) is 4.79 Å². The molecule has 0 aliphatic carbocycles. The number of pyridine rings is 1. The summed E-state index contributed by atoms with van der Waals surface area (Å²) in [4.78, 5) is 30.1. The fraction of sp³-hybridized carbons (Fsp3) is 0.231. The molecule has 0 aliphatic rings. The second-order valence-electron chi connectivity index (χ2n) is 7.73. The third-order valence-corrected chi connectivity index (χ3v) is 5.44. The molecule has 0 fully saturated rings. The molecule has 0 bridgehead atoms. The van der Waals surface area contributed by atoms with Crippen LogP contribution in [0, 0.1) is 6.92 Å². The third kappa shape index (κ3) is 4.76. The van der Waals surface area contributed by atoms with Crippen molar-refractivity contribution in [2.24, 2.45) is 0 Å². The van der Waals surface area contributed by atoms with Crippen LogP contribution in [-0.4, -0.2) is 40.4 Å². The average molecular weight is 459 g/mol. The second-order valence-corrected chi connectivity index (χ2v) is 7.73. The molecule has 8 heteroatoms. The Labute approximate surface area is 197 Å². The summed E-state index contributed by atoms with van der Waals surface area (Å²) in [6, 6.07) is 17.3. The van der Waals surface area contributed by atoms with Crippen LogP contribution in [0.25, 0.3) is 16.7 Å². The zero-order chi connectivity index (χ0) is 24.1. The maximum absolute atomic E-state index is 12.8. The number of aromatic nitrogens is 3. The van der Waals surface area contributed by atoms with Crippen molar-refractivity contribution in [3.8, 4) is 11.6 Å². The van der Waals surface area contributed by atoms with E-state index in [1.807, 2.05) is 61.5 Å². The van der Waals surface area contributed by atoms with Crippen molar-refractivity contribution in [1.82, 2.24) is 14.8 Å². The number of amides is 1. The number of methoxy groups -OCH3 is 1. The van der Waals surface area contributed by atoms with Gasteiger partial charge in [-0.2, -0.15) is 9.78 Å². The fourth-order valence-corrected chi connectivity index (χ4v) is 3.75. The average Bonchev–Trinajstić information content (AvgIpc) is 3.26. The quantitative estimate of drug-likeness (QED) is 0.391. The molecule has 1 N–H and O–H groups in total. The van der Waals surface area contributed by atoms with Gasteiger partial charge >= 0.3 is 5.97 Å². The molecule has 2 aromatic carbocycles. The summed E-state index contributed by atoms with van der Waals surface area (Å²) in [5, 5.41) is 8.15. The lowest BCUT2D eigenvalue weighted by atomic mass is 10.1. The standard InChI is InChI=1S/C26H26N4O4/c1-4-34-26(32)20-16-27-30(25(20)29-23(31)14-13-18-9-6-5-7-10-18)22-15-17(2)19-11-8-12-21(33-3)24(19)28-22/h5-12,15-16H,4,13-14H2,1-3H3,(H,29,31). The maximum atomic E-state index is 12.8. The summed E-state index contributed by atoms with van der Waals surface area (Å²) in [5.41, 5.74) is 2.83. The Morgan fingerprint density at radius 3 is 2.62 bits per heavy atom. The first-order valence-corrected chi connectivity index (χ1v) is 11.1. The van der Waals surface area contributed by atoms with Gasteiger partial charge in [-0.15, -0.1) is 0 Å². The highest BCUT2D eigenvalue weighted by Crippen LogP contribution is 2.29. The first kappa shape index (κ1) is 23.0. The van der Waals surface area contributed by atoms with Crippen LogP contribution in [0.3, 0.4) is 0 Å². The van der Waals surface area contributed by atoms with Crippen LogP contribution in [0.5, 0.6) is 5.75 Å². The largest absolute Gasteiger partial charge is 0.494 e. The lowest BCUT2D eigenvalue weighted by Crippen LogP contribution is -2.18. The molecule has 0 unspecified atom stereocenters. The number of nitrogens with zero attached hydrogens (tertiary/aromatic N) is 3. The van der Waals surface area contributed by atoms with Gasteiger partial charge in [0.1, 0.15) is 16.8 Å². The molecule has 0 saturated heterocycles. The molecular formula is C26H26N4O4. The number of fused-ring (bicyclic) bond motifs is 1. The summed E-state index contributed by atoms with van der Waals surface area (Å²) in [5.74, 6) is 0.475. The first-order valence-electron chi connectivity index (χ1n) is 11.1. The minimum atomic E-state index is -0.567. The van der Waals surface area contributed by atoms with Crippen LogP contribution in [0.2, 0.25) is 0 Å². The predicted molar refractivity (Wildman–Crippen MR) is 130 cm³/mol. The summed E-state index contributed by atoms with van der Waals surface area (Å²) >= 11 is 0. The molecule has 34 heavy (non-hydrogen) atoms. The van der Waals surface area contributed by atoms with E-state index in [1.165, 1.54) is 10.9 Å². The summed E-state index contributed by atoms with van der Waals surface area (Å²) in [6.45, 7) is 3.89. The lowest BCUT2D eigenvalue weighted by Gasteiger charge is -2.13. The van der Waals surface area contributed by atoms with Gasteiger partial charge in [-0.25, -0.2) is 9.78 Å². The zero-order valence-electron chi connectivity index (χ0n) is 19.4. The predicted octanol–water partition coefficient (Wildman–Crippen LogP) is 4.49. The molecular weight excluding hydrogens is 432 g/mol. The van der Waals surface area contributed by atoms with E-state index < -0.39 is 5.97 Å². The van der Waals surface area contributed by atoms with Crippen molar-refractivity contribution >= 4 is 28.6 Å². The highest BCUT2D eigenvalue weighted by atomic mass is 16.5. The Morgan fingerprint density at radius 1 is 1.09 bits per heavy atom. The Bertz CT molecular complexity index is 1330. The van der Waals surface area contributed by atoms with Crippen molar-refractivity contribution in [3.63, 3.8) is 0 Å². The molecule has 2 aromatic heterocycles. The number of hydrogen-bond acceptors (Lipinski definition) is 6. The molecule has 4 aromatic rings. The summed E-state index contributed by atoms with van der Waals surface area (Å²) < 4.78 is 12.1. The number of hydrogen-bond donors (Lipinski definition) is 1. The fourth-order valence-electron chi connectivity index (χ4n) is 3.75. The Balaban J connectivity index is 1.72. The number of para-hydroxylation sites is 1. The Hall–Kier alpha value is -4.20. The topological polar surface area (TPSA) is 95.3 Å². The first-order chi connectivity index (χ1) is 16.5. The van der Waals surface area contributed by atoms with E-state index in [0.717, 1.165) is 16.5 Å². The van der Waals surface area contributed by atoms with Crippen molar-refractivity contribution < 1.29 is 19.1 Å². The van der Waals surface area contributed by atoms with E-state index in [1.54, 1.807) is 14.0 Å². The molecule has 0 aliphatic heterocycles. The molecule has 0 spiro atoms. The van der Waals surface area contributed by atoms with Crippen LogP contribution in [0.4, 0.5) is 5.82 Å². The summed E-state index contributed by atoms with van der Waals surface area (Å²) in [6.07, 6.45) is 2.20. The summed E-state index contributed by atoms with van der Waals surface area (Å²) in [7, 11) is 1.59. The highest BCUT2D eigenvalue weighted by molar-refractivity contribution is 6.00. The number of aryl methyl sites for hydroxylation is 2. The van der Waals surface area contributed by atoms with Crippen molar-refractivity contribution in [2.45, 2.75) is 26.7 Å². The molecule has 8 nitrogen and oxygen atoms in total. The van der Waals surface area contributed by atoms with Crippen LogP contribution >= 0.6 is 0 Å². The van der Waals surface area contributed by atoms with Gasteiger partial charge in [-0.05, 0) is 43.5 Å². The molecule has 0 radical (unpaired) electrons. The maximum Gasteiger partial charge on any atom is 0.343 e. The number of benzene rings is 2. The van der Waals surface area contributed by atoms with E-state index in [0.29, 0.717) is 23.5 Å². The number of carbonyl (C=O) groups excluding carboxylic acids is 2. The number of esters is 1. The van der Waals surface area contributed by atoms with Crippen LogP contribution in [-0.2, 0) is 16.0 Å². The zero-order valence-corrected chi connectivity index (χ0v) is 19.4. The molecule has 0 saturated carbocycles. The molecule has 1 amide bonds. The van der Waals surface area contributed by atoms with Crippen LogP contribution < -0.4 is 10.1 Å². The van der Waals surface area contributed by atoms with Crippen molar-refractivity contribution in [1.29, 1.82) is 0 Å². The Morgan fingerprint density at radius 2 is 1.88 bits per heavy atom. The number of anilines is 1. The van der Waals surface area contributed by atoms with Crippen molar-refractivity contribution in [2.75, 3.05) is 19.0 Å². The molecule has 0 atom stereocenters. The van der Waals surface area contributed by atoms with Gasteiger partial charge in [-0.1, -0.05) is 42.5 Å². The van der Waals surface area contributed by atoms with E-state index in [2.05, 4.69) is 10.4 Å². The van der Waals surface area contributed by atoms with Gasteiger partial charge < -0.3 is 14.8 Å². The molecule has 174 valence electrons. The molecule has 2 heterocycles. The lowest BCUT2D eigenvalue weighted by molar-refractivity contribution is -0.116. The van der Waals surface area contributed by atoms with E-state index in [-0.39, 0.29) is 30.3 Å². The minimum Gasteiger partial charge on any atom is -0.494 e. The van der Waals surface area contributed by atoms with Gasteiger partial charge in [0.2, 0.25) is 5.91 Å². The second kappa shape index (κ2) is 10.2. The Kier molecular flexibility index (Phi) is 6.87. The molecule has 4 rings (SSSR count). The van der Waals surface area contributed by atoms with E-state index in [9.17, 15) is 9.59 Å². The smallest absolute Gasteiger partial charge is 0.343 e. The monoisotopic (exact) mass is 458 g/mol. The van der Waals surface area contributed by atoms with Crippen molar-refractivity contribution in [3.05, 3.63) is 77.5 Å². The number of nitrogens with one attached hydrogen (secondary N) is 1. The number of carbonyl (C=O) groups is 2. The van der Waals surface area contributed by atoms with Crippen LogP contribution in [0.15, 0.2) is 60.8 Å². The van der Waals surface area contributed by atoms with E-state index >= 15 is 0 Å². The normalized spacial score (nSPS) is 10.8. The van der Waals surface area contributed by atoms with Crippen LogP contribution in [0.1, 0.15) is 34.8 Å². The number of rotatable bonds is 8. The van der Waals surface area contributed by atoms with Gasteiger partial charge in [0.05, 0.1) is 19.9 Å². The minimum absolute atomic E-state index is 0.162. The van der Waals surface area contributed by atoms with Gasteiger partial charge in [0.25, 0.3) is 0 Å². The third-order valence-electron chi connectivity index (χ3n) is 5.44. The van der Waals surface area contributed by atoms with Gasteiger partial charge in [0, 0.05) is 11.8 Å². The SMILES string of the molecule is CCOC(=O)c1cnn(-c2cc(C)c3cccc(OC)c3n2)c1NC(=O)CCc1ccccc1.